The van der Waals surface area contributed by atoms with E-state index in [4.69, 9.17) is 4.42 Å². The van der Waals surface area contributed by atoms with E-state index in [0.717, 1.165) is 50.1 Å². The first-order chi connectivity index (χ1) is 27.2. The van der Waals surface area contributed by atoms with Crippen molar-refractivity contribution in [2.45, 2.75) is 0 Å². The number of fused-ring (bicyclic) bond motifs is 7. The Bertz CT molecular complexity index is 3240. The molecule has 11 rings (SSSR count). The number of hydrogen-bond acceptors (Lipinski definition) is 3. The Morgan fingerprint density at radius 2 is 0.982 bits per heavy atom. The molecule has 2 aromatic heterocycles. The number of hydrogen-bond donors (Lipinski definition) is 0. The molecule has 0 aliphatic rings. The maximum absolute atomic E-state index is 6.19. The largest absolute Gasteiger partial charge is 0.456 e. The van der Waals surface area contributed by atoms with Crippen molar-refractivity contribution in [1.29, 1.82) is 0 Å². The molecule has 258 valence electrons. The van der Waals surface area contributed by atoms with E-state index in [2.05, 4.69) is 193 Å². The molecule has 0 atom stereocenters. The minimum Gasteiger partial charge on any atom is -0.456 e. The molecule has 55 heavy (non-hydrogen) atoms. The van der Waals surface area contributed by atoms with Crippen molar-refractivity contribution in [3.8, 4) is 33.4 Å². The van der Waals surface area contributed by atoms with Gasteiger partial charge in [-0.3, -0.25) is 0 Å². The van der Waals surface area contributed by atoms with Crippen LogP contribution in [0.2, 0.25) is 0 Å². The van der Waals surface area contributed by atoms with Crippen molar-refractivity contribution in [2.75, 3.05) is 4.90 Å². The van der Waals surface area contributed by atoms with E-state index in [1.54, 1.807) is 0 Å². The number of para-hydroxylation sites is 2. The molecule has 0 saturated carbocycles. The summed E-state index contributed by atoms with van der Waals surface area (Å²) in [5, 5.41) is 7.33. The summed E-state index contributed by atoms with van der Waals surface area (Å²) in [5.41, 5.74) is 12.2. The highest BCUT2D eigenvalue weighted by atomic mass is 32.1. The number of benzene rings is 9. The van der Waals surface area contributed by atoms with Crippen molar-refractivity contribution >= 4 is 81.3 Å². The molecule has 2 heterocycles. The van der Waals surface area contributed by atoms with Crippen LogP contribution in [-0.2, 0) is 0 Å². The lowest BCUT2D eigenvalue weighted by atomic mass is 9.97. The van der Waals surface area contributed by atoms with Gasteiger partial charge in [-0.15, -0.1) is 11.3 Å². The zero-order chi connectivity index (χ0) is 36.3. The van der Waals surface area contributed by atoms with Crippen molar-refractivity contribution in [2.24, 2.45) is 0 Å². The standard InChI is InChI=1S/C52H33NOS/c1-2-13-35-30-39(27-26-34(35)12-1)42-18-3-6-22-47(42)53(40-16-9-14-36(31-40)37-28-29-49-46(33-37)44-19-4-7-23-48(44)54-49)41-17-10-15-38(32-41)43-21-11-25-51-52(43)45-20-5-8-24-50(45)55-51/h1-33H. The molecule has 9 aromatic carbocycles. The predicted molar refractivity (Wildman–Crippen MR) is 235 cm³/mol. The predicted octanol–water partition coefficient (Wildman–Crippen LogP) is 15.6. The Kier molecular flexibility index (Phi) is 7.39. The fourth-order valence-corrected chi connectivity index (χ4v) is 9.39. The Hall–Kier alpha value is -6.94. The first-order valence-electron chi connectivity index (χ1n) is 18.7. The lowest BCUT2D eigenvalue weighted by molar-refractivity contribution is 0.669. The Morgan fingerprint density at radius 3 is 1.89 bits per heavy atom. The van der Waals surface area contributed by atoms with Crippen LogP contribution in [0.15, 0.2) is 205 Å². The molecule has 0 amide bonds. The molecule has 0 saturated heterocycles. The second-order valence-electron chi connectivity index (χ2n) is 14.1. The average molecular weight is 720 g/mol. The Labute approximate surface area is 322 Å². The quantitative estimate of drug-likeness (QED) is 0.170. The summed E-state index contributed by atoms with van der Waals surface area (Å²) in [6.45, 7) is 0. The molecule has 11 aromatic rings. The van der Waals surface area contributed by atoms with E-state index in [-0.39, 0.29) is 0 Å². The summed E-state index contributed by atoms with van der Waals surface area (Å²) in [6, 6.07) is 72.4. The summed E-state index contributed by atoms with van der Waals surface area (Å²) < 4.78 is 8.80. The van der Waals surface area contributed by atoms with Gasteiger partial charge in [-0.1, -0.05) is 133 Å². The van der Waals surface area contributed by atoms with Gasteiger partial charge in [-0.25, -0.2) is 0 Å². The topological polar surface area (TPSA) is 16.4 Å². The van der Waals surface area contributed by atoms with Crippen LogP contribution in [0, 0.1) is 0 Å². The molecule has 0 N–H and O–H groups in total. The van der Waals surface area contributed by atoms with Gasteiger partial charge in [0.15, 0.2) is 0 Å². The van der Waals surface area contributed by atoms with Gasteiger partial charge in [0, 0.05) is 47.9 Å². The van der Waals surface area contributed by atoms with Crippen molar-refractivity contribution in [1.82, 2.24) is 0 Å². The normalized spacial score (nSPS) is 11.6. The van der Waals surface area contributed by atoms with Gasteiger partial charge < -0.3 is 9.32 Å². The lowest BCUT2D eigenvalue weighted by Gasteiger charge is -2.29. The molecule has 3 heteroatoms. The zero-order valence-corrected chi connectivity index (χ0v) is 30.6. The van der Waals surface area contributed by atoms with Gasteiger partial charge in [0.2, 0.25) is 0 Å². The first kappa shape index (κ1) is 31.6. The number of rotatable bonds is 6. The molecule has 0 unspecified atom stereocenters. The minimum atomic E-state index is 0.900. The SMILES string of the molecule is c1cc(-c2ccc3oc4ccccc4c3c2)cc(N(c2cccc(-c3cccc4sc5ccccc5c34)c2)c2ccccc2-c2ccc3ccccc3c2)c1. The van der Waals surface area contributed by atoms with Gasteiger partial charge in [0.1, 0.15) is 11.2 Å². The van der Waals surface area contributed by atoms with E-state index in [9.17, 15) is 0 Å². The van der Waals surface area contributed by atoms with Crippen LogP contribution in [0.1, 0.15) is 0 Å². The highest BCUT2D eigenvalue weighted by Gasteiger charge is 2.20. The number of furan rings is 1. The lowest BCUT2D eigenvalue weighted by Crippen LogP contribution is -2.11. The third-order valence-electron chi connectivity index (χ3n) is 10.8. The summed E-state index contributed by atoms with van der Waals surface area (Å²) >= 11 is 1.86. The van der Waals surface area contributed by atoms with Crippen molar-refractivity contribution < 1.29 is 4.42 Å². The minimum absolute atomic E-state index is 0.900. The van der Waals surface area contributed by atoms with Gasteiger partial charge >= 0.3 is 0 Å². The van der Waals surface area contributed by atoms with Gasteiger partial charge in [-0.2, -0.15) is 0 Å². The molecule has 0 aliphatic heterocycles. The Balaban J connectivity index is 1.11. The molecular formula is C52H33NOS. The van der Waals surface area contributed by atoms with Crippen LogP contribution >= 0.6 is 11.3 Å². The van der Waals surface area contributed by atoms with Crippen LogP contribution < -0.4 is 4.90 Å². The molecule has 0 spiro atoms. The molecule has 0 bridgehead atoms. The molecule has 0 aliphatic carbocycles. The van der Waals surface area contributed by atoms with E-state index in [1.807, 2.05) is 23.5 Å². The summed E-state index contributed by atoms with van der Waals surface area (Å²) in [4.78, 5) is 2.43. The zero-order valence-electron chi connectivity index (χ0n) is 29.8. The Morgan fingerprint density at radius 1 is 0.364 bits per heavy atom. The smallest absolute Gasteiger partial charge is 0.135 e. The van der Waals surface area contributed by atoms with E-state index in [1.165, 1.54) is 53.2 Å². The molecule has 0 fully saturated rings. The maximum Gasteiger partial charge on any atom is 0.135 e. The first-order valence-corrected chi connectivity index (χ1v) is 19.5. The highest BCUT2D eigenvalue weighted by Crippen LogP contribution is 2.45. The van der Waals surface area contributed by atoms with E-state index < -0.39 is 0 Å². The molecule has 2 nitrogen and oxygen atoms in total. The van der Waals surface area contributed by atoms with E-state index >= 15 is 0 Å². The van der Waals surface area contributed by atoms with Crippen LogP contribution in [0.3, 0.4) is 0 Å². The second kappa shape index (κ2) is 12.9. The van der Waals surface area contributed by atoms with Crippen molar-refractivity contribution in [3.63, 3.8) is 0 Å². The van der Waals surface area contributed by atoms with Crippen LogP contribution in [0.4, 0.5) is 17.1 Å². The van der Waals surface area contributed by atoms with Crippen molar-refractivity contribution in [3.05, 3.63) is 200 Å². The number of thiophene rings is 1. The third-order valence-corrected chi connectivity index (χ3v) is 12.0. The number of nitrogens with zero attached hydrogens (tertiary/aromatic N) is 1. The van der Waals surface area contributed by atoms with Gasteiger partial charge in [-0.05, 0) is 105 Å². The summed E-state index contributed by atoms with van der Waals surface area (Å²) in [6.07, 6.45) is 0. The highest BCUT2D eigenvalue weighted by molar-refractivity contribution is 7.25. The van der Waals surface area contributed by atoms with Gasteiger partial charge in [0.25, 0.3) is 0 Å². The summed E-state index contributed by atoms with van der Waals surface area (Å²) in [7, 11) is 0. The molecule has 0 radical (unpaired) electrons. The fourth-order valence-electron chi connectivity index (χ4n) is 8.25. The van der Waals surface area contributed by atoms with Gasteiger partial charge in [0.05, 0.1) is 5.69 Å². The average Bonchev–Trinajstić information content (AvgIpc) is 3.82. The second-order valence-corrected chi connectivity index (χ2v) is 15.2. The fraction of sp³-hybridized carbons (Fsp3) is 0. The van der Waals surface area contributed by atoms with E-state index in [0.29, 0.717) is 0 Å². The van der Waals surface area contributed by atoms with Crippen LogP contribution in [-0.4, -0.2) is 0 Å². The number of anilines is 3. The third kappa shape index (κ3) is 5.40. The maximum atomic E-state index is 6.19. The summed E-state index contributed by atoms with van der Waals surface area (Å²) in [5.74, 6) is 0. The van der Waals surface area contributed by atoms with Crippen LogP contribution in [0.25, 0.3) is 86.3 Å². The van der Waals surface area contributed by atoms with Crippen LogP contribution in [0.5, 0.6) is 0 Å². The monoisotopic (exact) mass is 719 g/mol. The molecular weight excluding hydrogens is 687 g/mol.